The molecule has 0 fully saturated rings. The summed E-state index contributed by atoms with van der Waals surface area (Å²) in [5.74, 6) is -4.90. The van der Waals surface area contributed by atoms with Crippen LogP contribution in [0.5, 0.6) is 0 Å². The highest BCUT2D eigenvalue weighted by atomic mass is 32.2. The molecule has 2 aromatic rings. The second-order valence-corrected chi connectivity index (χ2v) is 6.55. The molecule has 0 amide bonds. The molecule has 0 saturated heterocycles. The molecular formula is C15H14F3NO3S. The lowest BCUT2D eigenvalue weighted by molar-refractivity contribution is 0.291. The molecule has 0 radical (unpaired) electrons. The predicted molar refractivity (Wildman–Crippen MR) is 79.0 cm³/mol. The fourth-order valence-electron chi connectivity index (χ4n) is 2.01. The number of rotatable bonds is 6. The van der Waals surface area contributed by atoms with Crippen LogP contribution in [0.4, 0.5) is 18.9 Å². The highest BCUT2D eigenvalue weighted by Gasteiger charge is 2.27. The van der Waals surface area contributed by atoms with E-state index < -0.39 is 32.4 Å². The first-order valence-corrected chi connectivity index (χ1v) is 8.15. The average molecular weight is 345 g/mol. The lowest BCUT2D eigenvalue weighted by atomic mass is 10.3. The maximum atomic E-state index is 13.4. The van der Waals surface area contributed by atoms with Gasteiger partial charge in [0.25, 0.3) is 10.0 Å². The van der Waals surface area contributed by atoms with Crippen LogP contribution in [0.25, 0.3) is 0 Å². The summed E-state index contributed by atoms with van der Waals surface area (Å²) in [5.41, 5.74) is 0.270. The van der Waals surface area contributed by atoms with Crippen LogP contribution in [0.15, 0.2) is 47.4 Å². The molecule has 8 heteroatoms. The standard InChI is InChI=1S/C15H14F3NO3S/c16-13-9-12(10-14(17)15(13)18)23(21,22)19(7-4-8-20)11-5-2-1-3-6-11/h1-3,5-6,9-10,20H,4,7-8H2. The van der Waals surface area contributed by atoms with Gasteiger partial charge < -0.3 is 5.11 Å². The van der Waals surface area contributed by atoms with Gasteiger partial charge in [-0.2, -0.15) is 0 Å². The van der Waals surface area contributed by atoms with Gasteiger partial charge in [-0.1, -0.05) is 18.2 Å². The molecule has 0 aliphatic carbocycles. The van der Waals surface area contributed by atoms with Crippen LogP contribution in [0.2, 0.25) is 0 Å². The van der Waals surface area contributed by atoms with Crippen molar-refractivity contribution in [1.82, 2.24) is 0 Å². The number of halogens is 3. The lowest BCUT2D eigenvalue weighted by Crippen LogP contribution is -2.32. The molecule has 23 heavy (non-hydrogen) atoms. The van der Waals surface area contributed by atoms with E-state index in [0.717, 1.165) is 4.31 Å². The SMILES string of the molecule is O=S(=O)(c1cc(F)c(F)c(F)c1)N(CCCO)c1ccccc1. The van der Waals surface area contributed by atoms with Gasteiger partial charge in [0.15, 0.2) is 17.5 Å². The van der Waals surface area contributed by atoms with Crippen LogP contribution >= 0.6 is 0 Å². The molecule has 0 unspecified atom stereocenters. The third-order valence-electron chi connectivity index (χ3n) is 3.11. The Hall–Kier alpha value is -2.06. The highest BCUT2D eigenvalue weighted by molar-refractivity contribution is 7.92. The number of hydrogen-bond acceptors (Lipinski definition) is 3. The Morgan fingerprint density at radius 2 is 1.57 bits per heavy atom. The second-order valence-electron chi connectivity index (χ2n) is 4.69. The first-order chi connectivity index (χ1) is 10.9. The van der Waals surface area contributed by atoms with Crippen LogP contribution in [0, 0.1) is 17.5 Å². The zero-order valence-corrected chi connectivity index (χ0v) is 12.7. The minimum atomic E-state index is -4.31. The van der Waals surface area contributed by atoms with Gasteiger partial charge in [-0.25, -0.2) is 21.6 Å². The van der Waals surface area contributed by atoms with Crippen molar-refractivity contribution in [3.8, 4) is 0 Å². The van der Waals surface area contributed by atoms with Gasteiger partial charge in [-0.3, -0.25) is 4.31 Å². The first kappa shape index (κ1) is 17.3. The largest absolute Gasteiger partial charge is 0.396 e. The summed E-state index contributed by atoms with van der Waals surface area (Å²) in [6, 6.07) is 8.75. The molecule has 1 N–H and O–H groups in total. The highest BCUT2D eigenvalue weighted by Crippen LogP contribution is 2.26. The topological polar surface area (TPSA) is 57.6 Å². The van der Waals surface area contributed by atoms with E-state index in [4.69, 9.17) is 5.11 Å². The van der Waals surface area contributed by atoms with Crippen molar-refractivity contribution in [2.75, 3.05) is 17.5 Å². The van der Waals surface area contributed by atoms with E-state index in [1.54, 1.807) is 18.2 Å². The number of nitrogens with zero attached hydrogens (tertiary/aromatic N) is 1. The summed E-state index contributed by atoms with van der Waals surface area (Å²) < 4.78 is 65.9. The maximum Gasteiger partial charge on any atom is 0.264 e. The van der Waals surface area contributed by atoms with E-state index in [-0.39, 0.29) is 25.3 Å². The number of hydrogen-bond donors (Lipinski definition) is 1. The van der Waals surface area contributed by atoms with Gasteiger partial charge in [0.05, 0.1) is 10.6 Å². The molecular weight excluding hydrogens is 331 g/mol. The molecule has 2 aromatic carbocycles. The van der Waals surface area contributed by atoms with Gasteiger partial charge in [0.2, 0.25) is 0 Å². The van der Waals surface area contributed by atoms with Crippen molar-refractivity contribution < 1.29 is 26.7 Å². The fourth-order valence-corrected chi connectivity index (χ4v) is 3.53. The minimum Gasteiger partial charge on any atom is -0.396 e. The Balaban J connectivity index is 2.52. The summed E-state index contributed by atoms with van der Waals surface area (Å²) in [5, 5.41) is 8.93. The van der Waals surface area contributed by atoms with E-state index in [1.165, 1.54) is 12.1 Å². The summed E-state index contributed by atoms with van der Waals surface area (Å²) in [6.07, 6.45) is 0.125. The Labute approximate surface area is 131 Å². The van der Waals surface area contributed by atoms with Crippen molar-refractivity contribution in [2.45, 2.75) is 11.3 Å². The van der Waals surface area contributed by atoms with Crippen LogP contribution in [0.3, 0.4) is 0 Å². The summed E-state index contributed by atoms with van der Waals surface area (Å²) >= 11 is 0. The van der Waals surface area contributed by atoms with Gasteiger partial charge >= 0.3 is 0 Å². The van der Waals surface area contributed by atoms with Gasteiger partial charge in [-0.15, -0.1) is 0 Å². The Morgan fingerprint density at radius 1 is 1.00 bits per heavy atom. The molecule has 0 bridgehead atoms. The smallest absolute Gasteiger partial charge is 0.264 e. The summed E-state index contributed by atoms with van der Waals surface area (Å²) in [6.45, 7) is -0.353. The zero-order valence-electron chi connectivity index (χ0n) is 11.9. The quantitative estimate of drug-likeness (QED) is 0.819. The Kier molecular flexibility index (Phi) is 5.27. The molecule has 0 aliphatic heterocycles. The third-order valence-corrected chi connectivity index (χ3v) is 4.91. The van der Waals surface area contributed by atoms with Gasteiger partial charge in [-0.05, 0) is 30.7 Å². The number of sulfonamides is 1. The van der Waals surface area contributed by atoms with Crippen LogP contribution in [-0.4, -0.2) is 26.7 Å². The molecule has 0 atom stereocenters. The van der Waals surface area contributed by atoms with Crippen LogP contribution in [-0.2, 0) is 10.0 Å². The van der Waals surface area contributed by atoms with E-state index in [2.05, 4.69) is 0 Å². The average Bonchev–Trinajstić information content (AvgIpc) is 2.53. The Morgan fingerprint density at radius 3 is 2.09 bits per heavy atom. The van der Waals surface area contributed by atoms with Crippen molar-refractivity contribution in [3.05, 3.63) is 59.9 Å². The molecule has 0 saturated carbocycles. The first-order valence-electron chi connectivity index (χ1n) is 6.71. The van der Waals surface area contributed by atoms with Gasteiger partial charge in [0, 0.05) is 13.2 Å². The molecule has 124 valence electrons. The van der Waals surface area contributed by atoms with Crippen LogP contribution < -0.4 is 4.31 Å². The van der Waals surface area contributed by atoms with E-state index in [9.17, 15) is 21.6 Å². The predicted octanol–water partition coefficient (Wildman–Crippen LogP) is 2.68. The number of aliphatic hydroxyl groups is 1. The molecule has 4 nitrogen and oxygen atoms in total. The van der Waals surface area contributed by atoms with Crippen molar-refractivity contribution in [3.63, 3.8) is 0 Å². The normalized spacial score (nSPS) is 11.5. The van der Waals surface area contributed by atoms with Crippen molar-refractivity contribution >= 4 is 15.7 Å². The number of benzene rings is 2. The van der Waals surface area contributed by atoms with Crippen LogP contribution in [0.1, 0.15) is 6.42 Å². The molecule has 0 aromatic heterocycles. The summed E-state index contributed by atoms with van der Waals surface area (Å²) in [7, 11) is -4.31. The maximum absolute atomic E-state index is 13.4. The fraction of sp³-hybridized carbons (Fsp3) is 0.200. The zero-order chi connectivity index (χ0) is 17.0. The van der Waals surface area contributed by atoms with Gasteiger partial charge in [0.1, 0.15) is 0 Å². The number of para-hydroxylation sites is 1. The molecule has 0 spiro atoms. The molecule has 0 heterocycles. The van der Waals surface area contributed by atoms with E-state index in [1.807, 2.05) is 0 Å². The number of anilines is 1. The van der Waals surface area contributed by atoms with E-state index >= 15 is 0 Å². The monoisotopic (exact) mass is 345 g/mol. The summed E-state index contributed by atoms with van der Waals surface area (Å²) in [4.78, 5) is -0.698. The lowest BCUT2D eigenvalue weighted by Gasteiger charge is -2.24. The molecule has 0 aliphatic rings. The third kappa shape index (κ3) is 3.65. The second kappa shape index (κ2) is 7.01. The Bertz CT molecular complexity index is 759. The number of aliphatic hydroxyl groups excluding tert-OH is 1. The minimum absolute atomic E-state index is 0.0938. The van der Waals surface area contributed by atoms with Crippen molar-refractivity contribution in [1.29, 1.82) is 0 Å². The molecule has 2 rings (SSSR count). The van der Waals surface area contributed by atoms with Crippen molar-refractivity contribution in [2.24, 2.45) is 0 Å². The van der Waals surface area contributed by atoms with E-state index in [0.29, 0.717) is 12.1 Å².